The molecule has 0 saturated carbocycles. The van der Waals surface area contributed by atoms with Crippen LogP contribution in [-0.2, 0) is 0 Å². The van der Waals surface area contributed by atoms with E-state index in [1.807, 2.05) is 0 Å². The molecule has 0 radical (unpaired) electrons. The number of benzene rings is 1. The van der Waals surface area contributed by atoms with Crippen LogP contribution in [0.2, 0.25) is 0 Å². The van der Waals surface area contributed by atoms with Gasteiger partial charge < -0.3 is 10.2 Å². The maximum atomic E-state index is 8.83. The van der Waals surface area contributed by atoms with E-state index in [1.165, 1.54) is 12.5 Å². The number of aryl methyl sites for hydroxylation is 1. The topological polar surface area (TPSA) is 40.5 Å². The number of hydrogen-bond acceptors (Lipinski definition) is 2. The Kier molecular flexibility index (Phi) is 4.93. The van der Waals surface area contributed by atoms with E-state index in [2.05, 4.69) is 13.8 Å². The number of rotatable bonds is 0. The Hall–Kier alpha value is -1.18. The van der Waals surface area contributed by atoms with Crippen molar-refractivity contribution in [2.45, 2.75) is 27.2 Å². The first-order chi connectivity index (χ1) is 5.60. The van der Waals surface area contributed by atoms with Gasteiger partial charge in [-0.1, -0.05) is 20.3 Å². The fraction of sp³-hybridized carbons (Fsp3) is 0.400. The van der Waals surface area contributed by atoms with Gasteiger partial charge >= 0.3 is 0 Å². The van der Waals surface area contributed by atoms with Crippen LogP contribution in [0, 0.1) is 6.92 Å². The third kappa shape index (κ3) is 4.61. The average Bonchev–Trinajstić information content (AvgIpc) is 1.84. The van der Waals surface area contributed by atoms with Crippen LogP contribution in [0.15, 0.2) is 18.2 Å². The molecular weight excluding hydrogens is 152 g/mol. The van der Waals surface area contributed by atoms with Crippen LogP contribution < -0.4 is 0 Å². The molecule has 1 aromatic carbocycles. The van der Waals surface area contributed by atoms with Gasteiger partial charge in [-0.05, 0) is 24.6 Å². The molecule has 68 valence electrons. The fourth-order valence-corrected chi connectivity index (χ4v) is 0.743. The summed E-state index contributed by atoms with van der Waals surface area (Å²) in [5, 5.41) is 17.7. The van der Waals surface area contributed by atoms with Crippen molar-refractivity contribution in [2.75, 3.05) is 0 Å². The van der Waals surface area contributed by atoms with Crippen LogP contribution in [-0.4, -0.2) is 10.2 Å². The highest BCUT2D eigenvalue weighted by Crippen LogP contribution is 2.18. The van der Waals surface area contributed by atoms with Crippen molar-refractivity contribution < 1.29 is 10.2 Å². The van der Waals surface area contributed by atoms with Gasteiger partial charge in [0.25, 0.3) is 0 Å². The maximum absolute atomic E-state index is 8.83. The summed E-state index contributed by atoms with van der Waals surface area (Å²) in [7, 11) is 0. The molecule has 0 amide bonds. The van der Waals surface area contributed by atoms with Crippen molar-refractivity contribution in [3.05, 3.63) is 23.8 Å². The summed E-state index contributed by atoms with van der Waals surface area (Å²) >= 11 is 0. The van der Waals surface area contributed by atoms with Gasteiger partial charge in [0.05, 0.1) is 0 Å². The molecule has 0 saturated heterocycles. The SMILES string of the molecule is CCC.Cc1cc(O)cc(O)c1. The van der Waals surface area contributed by atoms with Gasteiger partial charge in [-0.15, -0.1) is 0 Å². The highest BCUT2D eigenvalue weighted by atomic mass is 16.3. The molecule has 2 nitrogen and oxygen atoms in total. The first-order valence-corrected chi connectivity index (χ1v) is 4.09. The molecule has 0 bridgehead atoms. The standard InChI is InChI=1S/C7H8O2.C3H8/c1-5-2-6(8)4-7(9)3-5;1-3-2/h2-4,8-9H,1H3;3H2,1-2H3. The van der Waals surface area contributed by atoms with Crippen molar-refractivity contribution >= 4 is 0 Å². The van der Waals surface area contributed by atoms with E-state index >= 15 is 0 Å². The minimum Gasteiger partial charge on any atom is -0.508 e. The predicted molar refractivity (Wildman–Crippen MR) is 50.5 cm³/mol. The van der Waals surface area contributed by atoms with Crippen LogP contribution in [0.3, 0.4) is 0 Å². The van der Waals surface area contributed by atoms with Crippen molar-refractivity contribution in [3.8, 4) is 11.5 Å². The second kappa shape index (κ2) is 5.47. The third-order valence-corrected chi connectivity index (χ3v) is 1.05. The maximum Gasteiger partial charge on any atom is 0.119 e. The molecule has 2 N–H and O–H groups in total. The lowest BCUT2D eigenvalue weighted by Crippen LogP contribution is -1.70. The van der Waals surface area contributed by atoms with E-state index in [4.69, 9.17) is 10.2 Å². The van der Waals surface area contributed by atoms with Crippen LogP contribution in [0.1, 0.15) is 25.8 Å². The molecule has 0 fully saturated rings. The van der Waals surface area contributed by atoms with E-state index in [0.29, 0.717) is 0 Å². The molecule has 1 rings (SSSR count). The number of phenols is 2. The Morgan fingerprint density at radius 2 is 1.33 bits per heavy atom. The number of aromatic hydroxyl groups is 2. The molecule has 0 heterocycles. The van der Waals surface area contributed by atoms with Crippen molar-refractivity contribution in [1.82, 2.24) is 0 Å². The lowest BCUT2D eigenvalue weighted by molar-refractivity contribution is 0.450. The second-order valence-corrected chi connectivity index (χ2v) is 2.73. The zero-order valence-electron chi connectivity index (χ0n) is 7.83. The van der Waals surface area contributed by atoms with E-state index in [9.17, 15) is 0 Å². The molecular formula is C10H16O2. The Labute approximate surface area is 73.5 Å². The number of hydrogen-bond donors (Lipinski definition) is 2. The Morgan fingerprint density at radius 3 is 1.58 bits per heavy atom. The van der Waals surface area contributed by atoms with E-state index in [0.717, 1.165) is 5.56 Å². The molecule has 0 unspecified atom stereocenters. The highest BCUT2D eigenvalue weighted by Gasteiger charge is 1.91. The third-order valence-electron chi connectivity index (χ3n) is 1.05. The van der Waals surface area contributed by atoms with Crippen LogP contribution in [0.25, 0.3) is 0 Å². The van der Waals surface area contributed by atoms with Crippen LogP contribution in [0.5, 0.6) is 11.5 Å². The van der Waals surface area contributed by atoms with Gasteiger partial charge in [0.2, 0.25) is 0 Å². The summed E-state index contributed by atoms with van der Waals surface area (Å²) < 4.78 is 0. The normalized spacial score (nSPS) is 8.58. The smallest absolute Gasteiger partial charge is 0.119 e. The summed E-state index contributed by atoms with van der Waals surface area (Å²) in [6.07, 6.45) is 1.25. The molecule has 0 aliphatic heterocycles. The Balaban J connectivity index is 0.000000354. The second-order valence-electron chi connectivity index (χ2n) is 2.73. The van der Waals surface area contributed by atoms with Crippen molar-refractivity contribution in [3.63, 3.8) is 0 Å². The van der Waals surface area contributed by atoms with Crippen molar-refractivity contribution in [2.24, 2.45) is 0 Å². The first-order valence-electron chi connectivity index (χ1n) is 4.09. The molecule has 2 heteroatoms. The van der Waals surface area contributed by atoms with Gasteiger partial charge in [0.1, 0.15) is 11.5 Å². The quantitative estimate of drug-likeness (QED) is 0.625. The lowest BCUT2D eigenvalue weighted by atomic mass is 10.2. The molecule has 0 aromatic heterocycles. The average molecular weight is 168 g/mol. The van der Waals surface area contributed by atoms with E-state index in [1.54, 1.807) is 19.1 Å². The van der Waals surface area contributed by atoms with Crippen molar-refractivity contribution in [1.29, 1.82) is 0 Å². The highest BCUT2D eigenvalue weighted by molar-refractivity contribution is 5.35. The summed E-state index contributed by atoms with van der Waals surface area (Å²) in [6.45, 7) is 6.06. The minimum atomic E-state index is 0.104. The van der Waals surface area contributed by atoms with Gasteiger partial charge in [0, 0.05) is 6.07 Å². The van der Waals surface area contributed by atoms with Gasteiger partial charge in [-0.2, -0.15) is 0 Å². The largest absolute Gasteiger partial charge is 0.508 e. The Bertz CT molecular complexity index is 181. The summed E-state index contributed by atoms with van der Waals surface area (Å²) in [5.74, 6) is 0.208. The zero-order chi connectivity index (χ0) is 9.56. The molecule has 0 atom stereocenters. The van der Waals surface area contributed by atoms with Gasteiger partial charge in [-0.3, -0.25) is 0 Å². The van der Waals surface area contributed by atoms with E-state index < -0.39 is 0 Å². The minimum absolute atomic E-state index is 0.104. The lowest BCUT2D eigenvalue weighted by Gasteiger charge is -1.94. The monoisotopic (exact) mass is 168 g/mol. The van der Waals surface area contributed by atoms with Crippen LogP contribution in [0.4, 0.5) is 0 Å². The molecule has 0 aliphatic rings. The summed E-state index contributed by atoms with van der Waals surface area (Å²) in [4.78, 5) is 0. The van der Waals surface area contributed by atoms with Crippen LogP contribution >= 0.6 is 0 Å². The first kappa shape index (κ1) is 10.8. The fourth-order valence-electron chi connectivity index (χ4n) is 0.743. The molecule has 12 heavy (non-hydrogen) atoms. The molecule has 1 aromatic rings. The molecule has 0 spiro atoms. The predicted octanol–water partition coefficient (Wildman–Crippen LogP) is 2.82. The summed E-state index contributed by atoms with van der Waals surface area (Å²) in [6, 6.07) is 4.46. The number of phenolic OH excluding ortho intramolecular Hbond substituents is 2. The summed E-state index contributed by atoms with van der Waals surface area (Å²) in [5.41, 5.74) is 0.854. The Morgan fingerprint density at radius 1 is 1.00 bits per heavy atom. The zero-order valence-corrected chi connectivity index (χ0v) is 7.83. The van der Waals surface area contributed by atoms with Gasteiger partial charge in [0.15, 0.2) is 0 Å². The van der Waals surface area contributed by atoms with Gasteiger partial charge in [-0.25, -0.2) is 0 Å². The molecule has 0 aliphatic carbocycles. The van der Waals surface area contributed by atoms with E-state index in [-0.39, 0.29) is 11.5 Å².